The number of phenols is 2. The van der Waals surface area contributed by atoms with Crippen molar-refractivity contribution in [2.24, 2.45) is 11.8 Å². The summed E-state index contributed by atoms with van der Waals surface area (Å²) in [6, 6.07) is 14.4. The number of nitrogens with zero attached hydrogens (tertiary/aromatic N) is 1. The number of hydrogen-bond donors (Lipinski definition) is 3. The fraction of sp³-hybridized carbons (Fsp3) is 0.444. The maximum Gasteiger partial charge on any atom is 0.161 e. The van der Waals surface area contributed by atoms with Gasteiger partial charge in [0.2, 0.25) is 0 Å². The highest BCUT2D eigenvalue weighted by molar-refractivity contribution is 6.04. The fourth-order valence-corrected chi connectivity index (χ4v) is 6.63. The minimum absolute atomic E-state index is 0.0828. The highest BCUT2D eigenvalue weighted by atomic mass is 16.5. The van der Waals surface area contributed by atoms with Gasteiger partial charge in [0.05, 0.1) is 12.0 Å². The van der Waals surface area contributed by atoms with E-state index < -0.39 is 11.8 Å². The topological polar surface area (TPSA) is 118 Å². The average molecular weight is 585 g/mol. The third kappa shape index (κ3) is 7.77. The summed E-state index contributed by atoms with van der Waals surface area (Å²) in [5, 5.41) is 29.9. The molecule has 3 N–H and O–H groups in total. The van der Waals surface area contributed by atoms with E-state index in [4.69, 9.17) is 4.74 Å². The Bertz CT molecular complexity index is 1420. The first-order valence-electron chi connectivity index (χ1n) is 15.7. The number of allylic oxidation sites excluding steroid dienone is 1. The Morgan fingerprint density at radius 3 is 2.58 bits per heavy atom. The second kappa shape index (κ2) is 14.6. The number of unbranched alkanes of at least 4 members (excludes halogenated alkanes) is 1. The van der Waals surface area contributed by atoms with Gasteiger partial charge in [-0.25, -0.2) is 0 Å². The first kappa shape index (κ1) is 30.6. The van der Waals surface area contributed by atoms with E-state index in [2.05, 4.69) is 4.98 Å². The quantitative estimate of drug-likeness (QED) is 0.142. The molecule has 43 heavy (non-hydrogen) atoms. The van der Waals surface area contributed by atoms with Gasteiger partial charge in [0, 0.05) is 18.9 Å². The molecular formula is C36H42NO6-. The van der Waals surface area contributed by atoms with Crippen LogP contribution in [0.4, 0.5) is 0 Å². The highest BCUT2D eigenvalue weighted by Crippen LogP contribution is 2.40. The largest absolute Gasteiger partial charge is 0.664 e. The third-order valence-electron chi connectivity index (χ3n) is 8.96. The van der Waals surface area contributed by atoms with Crippen molar-refractivity contribution in [3.05, 3.63) is 83.2 Å². The van der Waals surface area contributed by atoms with Gasteiger partial charge in [-0.15, -0.1) is 5.69 Å². The van der Waals surface area contributed by atoms with Gasteiger partial charge in [0.1, 0.15) is 11.5 Å². The number of fused-ring (bicyclic) bond motifs is 1. The van der Waals surface area contributed by atoms with Crippen molar-refractivity contribution in [1.29, 1.82) is 0 Å². The predicted octanol–water partition coefficient (Wildman–Crippen LogP) is 6.29. The van der Waals surface area contributed by atoms with E-state index >= 15 is 0 Å². The maximum atomic E-state index is 14.0. The molecule has 1 aromatic heterocycles. The van der Waals surface area contributed by atoms with Gasteiger partial charge in [-0.05, 0) is 99.1 Å². The zero-order valence-electron chi connectivity index (χ0n) is 24.7. The van der Waals surface area contributed by atoms with Crippen molar-refractivity contribution < 1.29 is 29.6 Å². The molecule has 5 rings (SSSR count). The maximum absolute atomic E-state index is 14.0. The molecule has 0 saturated heterocycles. The SMILES string of the molecule is O=C(CCc1ccc(O)c(OC2CCCC2)c1)[C@H](CCO)C(=O)[C@@H]1C=Cc2[n-]ccc2[C@H]1CCCCc1cccc(O)c1. The summed E-state index contributed by atoms with van der Waals surface area (Å²) < 4.78 is 6.02. The standard InChI is InChI=1S/C36H42NO6/c38-21-19-31(33(40)16-12-25-13-17-34(41)35(23-25)43-27-9-2-3-10-27)36(42)30-14-15-32-29(18-20-37-32)28(30)11-4-1-6-24-7-5-8-26(39)22-24/h5,7-8,13-15,17-18,20,22-23,27-28,30-31,38-39,41H,1-4,6,9-12,16,19,21H2/q-1/t28-,30-,31+/m1/s1. The van der Waals surface area contributed by atoms with Crippen LogP contribution in [-0.2, 0) is 22.4 Å². The van der Waals surface area contributed by atoms with Gasteiger partial charge in [0.25, 0.3) is 0 Å². The summed E-state index contributed by atoms with van der Waals surface area (Å²) in [5.41, 5.74) is 3.85. The van der Waals surface area contributed by atoms with Gasteiger partial charge >= 0.3 is 0 Å². The van der Waals surface area contributed by atoms with Gasteiger partial charge < -0.3 is 25.0 Å². The lowest BCUT2D eigenvalue weighted by atomic mass is 9.72. The number of benzene rings is 2. The number of phenolic OH excluding ortho intramolecular Hbond substituents is 2. The van der Waals surface area contributed by atoms with E-state index in [1.54, 1.807) is 36.5 Å². The van der Waals surface area contributed by atoms with Gasteiger partial charge in [0.15, 0.2) is 17.3 Å². The van der Waals surface area contributed by atoms with Gasteiger partial charge in [-0.1, -0.05) is 48.4 Å². The minimum Gasteiger partial charge on any atom is -0.664 e. The zero-order valence-corrected chi connectivity index (χ0v) is 24.7. The Balaban J connectivity index is 1.23. The smallest absolute Gasteiger partial charge is 0.161 e. The lowest BCUT2D eigenvalue weighted by molar-refractivity contribution is -0.135. The van der Waals surface area contributed by atoms with Crippen LogP contribution in [0.5, 0.6) is 17.2 Å². The van der Waals surface area contributed by atoms with Crippen LogP contribution in [0.25, 0.3) is 6.08 Å². The van der Waals surface area contributed by atoms with Crippen molar-refractivity contribution in [2.45, 2.75) is 82.7 Å². The molecule has 0 aliphatic heterocycles. The first-order valence-corrected chi connectivity index (χ1v) is 15.7. The number of aryl methyl sites for hydroxylation is 2. The molecule has 0 amide bonds. The molecule has 3 atom stereocenters. The van der Waals surface area contributed by atoms with Crippen LogP contribution in [0.2, 0.25) is 0 Å². The summed E-state index contributed by atoms with van der Waals surface area (Å²) in [7, 11) is 0. The molecule has 1 fully saturated rings. The molecule has 1 saturated carbocycles. The van der Waals surface area contributed by atoms with Gasteiger partial charge in [-0.3, -0.25) is 9.59 Å². The molecule has 228 valence electrons. The number of ether oxygens (including phenoxy) is 1. The van der Waals surface area contributed by atoms with Crippen molar-refractivity contribution >= 4 is 17.6 Å². The molecule has 2 aromatic carbocycles. The van der Waals surface area contributed by atoms with Crippen molar-refractivity contribution in [2.75, 3.05) is 6.61 Å². The molecule has 3 aromatic rings. The number of aromatic nitrogens is 1. The molecule has 1 heterocycles. The van der Waals surface area contributed by atoms with Crippen LogP contribution >= 0.6 is 0 Å². The first-order chi connectivity index (χ1) is 20.9. The number of carbonyl (C=O) groups excluding carboxylic acids is 2. The number of Topliss-reactive ketones (excluding diaryl/α,β-unsaturated/α-hetero) is 2. The van der Waals surface area contributed by atoms with E-state index in [9.17, 15) is 24.9 Å². The monoisotopic (exact) mass is 584 g/mol. The number of aliphatic hydroxyl groups is 1. The summed E-state index contributed by atoms with van der Waals surface area (Å²) in [5.74, 6) is -0.948. The number of ketones is 2. The van der Waals surface area contributed by atoms with Crippen LogP contribution in [-0.4, -0.2) is 39.6 Å². The second-order valence-electron chi connectivity index (χ2n) is 12.0. The van der Waals surface area contributed by atoms with E-state index in [1.165, 1.54) is 0 Å². The predicted molar refractivity (Wildman–Crippen MR) is 165 cm³/mol. The molecule has 7 nitrogen and oxygen atoms in total. The summed E-state index contributed by atoms with van der Waals surface area (Å²) in [6.07, 6.45) is 13.9. The van der Waals surface area contributed by atoms with Crippen LogP contribution in [0.15, 0.2) is 60.8 Å². The Hall–Kier alpha value is -3.84. The second-order valence-corrected chi connectivity index (χ2v) is 12.0. The fourth-order valence-electron chi connectivity index (χ4n) is 6.63. The summed E-state index contributed by atoms with van der Waals surface area (Å²) in [6.45, 7) is -0.241. The average Bonchev–Trinajstić information content (AvgIpc) is 3.70. The lowest BCUT2D eigenvalue weighted by Gasteiger charge is -2.32. The van der Waals surface area contributed by atoms with Crippen LogP contribution in [0, 0.1) is 11.8 Å². The normalized spacial score (nSPS) is 18.8. The molecule has 0 radical (unpaired) electrons. The molecular weight excluding hydrogens is 542 g/mol. The summed E-state index contributed by atoms with van der Waals surface area (Å²) >= 11 is 0. The van der Waals surface area contributed by atoms with Crippen molar-refractivity contribution in [3.8, 4) is 17.2 Å². The number of rotatable bonds is 15. The van der Waals surface area contributed by atoms with Crippen LogP contribution in [0.3, 0.4) is 0 Å². The Morgan fingerprint density at radius 2 is 1.79 bits per heavy atom. The Kier molecular flexibility index (Phi) is 10.4. The zero-order chi connectivity index (χ0) is 30.2. The summed E-state index contributed by atoms with van der Waals surface area (Å²) in [4.78, 5) is 31.9. The molecule has 0 bridgehead atoms. The van der Waals surface area contributed by atoms with E-state index in [1.807, 2.05) is 30.4 Å². The molecule has 0 unspecified atom stereocenters. The molecule has 0 spiro atoms. The molecule has 2 aliphatic rings. The number of hydrogen-bond acceptors (Lipinski definition) is 6. The van der Waals surface area contributed by atoms with E-state index in [0.717, 1.165) is 73.8 Å². The van der Waals surface area contributed by atoms with Crippen molar-refractivity contribution in [3.63, 3.8) is 0 Å². The highest BCUT2D eigenvalue weighted by Gasteiger charge is 2.36. The van der Waals surface area contributed by atoms with E-state index in [-0.39, 0.29) is 54.5 Å². The minimum atomic E-state index is -0.884. The number of carbonyl (C=O) groups is 2. The molecule has 7 heteroatoms. The van der Waals surface area contributed by atoms with E-state index in [0.29, 0.717) is 12.2 Å². The van der Waals surface area contributed by atoms with Crippen LogP contribution in [0.1, 0.15) is 86.1 Å². The van der Waals surface area contributed by atoms with Crippen molar-refractivity contribution in [1.82, 2.24) is 4.98 Å². The number of aliphatic hydroxyl groups excluding tert-OH is 1. The van der Waals surface area contributed by atoms with Crippen LogP contribution < -0.4 is 9.72 Å². The third-order valence-corrected chi connectivity index (χ3v) is 8.96. The Morgan fingerprint density at radius 1 is 0.977 bits per heavy atom. The van der Waals surface area contributed by atoms with Gasteiger partial charge in [-0.2, -0.15) is 6.20 Å². The number of aromatic hydroxyl groups is 2. The lowest BCUT2D eigenvalue weighted by Crippen LogP contribution is -2.34. The molecule has 2 aliphatic carbocycles. The Labute approximate surface area is 253 Å².